The Balaban J connectivity index is 1.69. The highest BCUT2D eigenvalue weighted by molar-refractivity contribution is 5.98. The number of carbonyl (C=O) groups is 1. The van der Waals surface area contributed by atoms with Gasteiger partial charge in [0.2, 0.25) is 0 Å². The number of hydrogen-bond acceptors (Lipinski definition) is 4. The largest absolute Gasteiger partial charge is 0.493 e. The summed E-state index contributed by atoms with van der Waals surface area (Å²) < 4.78 is 10.8. The van der Waals surface area contributed by atoms with Crippen molar-refractivity contribution in [1.82, 2.24) is 10.2 Å². The van der Waals surface area contributed by atoms with E-state index < -0.39 is 0 Å². The summed E-state index contributed by atoms with van der Waals surface area (Å²) in [6.45, 7) is 3.99. The van der Waals surface area contributed by atoms with E-state index in [0.717, 1.165) is 48.3 Å². The minimum absolute atomic E-state index is 0.0334. The lowest BCUT2D eigenvalue weighted by atomic mass is 9.88. The van der Waals surface area contributed by atoms with Gasteiger partial charge >= 0.3 is 0 Å². The Morgan fingerprint density at radius 3 is 2.67 bits per heavy atom. The molecule has 5 nitrogen and oxygen atoms in total. The third kappa shape index (κ3) is 3.98. The number of rotatable bonds is 4. The van der Waals surface area contributed by atoms with Crippen LogP contribution in [0.5, 0.6) is 11.5 Å². The number of ether oxygens (including phenoxy) is 2. The van der Waals surface area contributed by atoms with Gasteiger partial charge < -0.3 is 14.8 Å². The van der Waals surface area contributed by atoms with E-state index in [1.807, 2.05) is 24.4 Å². The number of carbonyl (C=O) groups excluding carboxylic acids is 1. The van der Waals surface area contributed by atoms with Crippen LogP contribution in [0.15, 0.2) is 71.6 Å². The summed E-state index contributed by atoms with van der Waals surface area (Å²) in [5, 5.41) is 3.34. The first kappa shape index (κ1) is 20.2. The molecular formula is C25H28N2O3. The highest BCUT2D eigenvalue weighted by atomic mass is 16.5. The lowest BCUT2D eigenvalue weighted by Gasteiger charge is -2.28. The van der Waals surface area contributed by atoms with Gasteiger partial charge in [0.1, 0.15) is 0 Å². The zero-order chi connectivity index (χ0) is 21.1. The third-order valence-corrected chi connectivity index (χ3v) is 5.86. The van der Waals surface area contributed by atoms with E-state index in [1.54, 1.807) is 25.2 Å². The SMILES string of the molecule is COc1ccc(C2=CC(=O)N3C=C(C4=CCNCC4)C=CC3=CCC2C)cc1OC. The zero-order valence-electron chi connectivity index (χ0n) is 17.8. The summed E-state index contributed by atoms with van der Waals surface area (Å²) in [6.07, 6.45) is 14.1. The second kappa shape index (κ2) is 8.76. The fourth-order valence-corrected chi connectivity index (χ4v) is 4.10. The van der Waals surface area contributed by atoms with Gasteiger partial charge in [-0.1, -0.05) is 31.2 Å². The minimum atomic E-state index is -0.0334. The van der Waals surface area contributed by atoms with Gasteiger partial charge in [-0.25, -0.2) is 0 Å². The number of nitrogens with one attached hydrogen (secondary N) is 1. The predicted octanol–water partition coefficient (Wildman–Crippen LogP) is 4.21. The molecule has 0 fully saturated rings. The lowest BCUT2D eigenvalue weighted by molar-refractivity contribution is -0.122. The summed E-state index contributed by atoms with van der Waals surface area (Å²) in [5.74, 6) is 1.51. The molecule has 1 aromatic carbocycles. The summed E-state index contributed by atoms with van der Waals surface area (Å²) >= 11 is 0. The van der Waals surface area contributed by atoms with Gasteiger partial charge in [0.25, 0.3) is 5.91 Å². The van der Waals surface area contributed by atoms with E-state index in [-0.39, 0.29) is 11.8 Å². The van der Waals surface area contributed by atoms with Crippen LogP contribution in [0.2, 0.25) is 0 Å². The number of amides is 1. The molecule has 1 atom stereocenters. The van der Waals surface area contributed by atoms with Crippen molar-refractivity contribution in [3.8, 4) is 11.5 Å². The first-order valence-electron chi connectivity index (χ1n) is 10.4. The lowest BCUT2D eigenvalue weighted by Crippen LogP contribution is -2.28. The molecule has 0 bridgehead atoms. The summed E-state index contributed by atoms with van der Waals surface area (Å²) in [6, 6.07) is 5.82. The molecule has 1 aromatic rings. The van der Waals surface area contributed by atoms with Crippen LogP contribution in [0.1, 0.15) is 25.3 Å². The van der Waals surface area contributed by atoms with Crippen LogP contribution in [-0.2, 0) is 4.79 Å². The number of nitrogens with zero attached hydrogens (tertiary/aromatic N) is 1. The van der Waals surface area contributed by atoms with Crippen molar-refractivity contribution in [2.75, 3.05) is 27.3 Å². The third-order valence-electron chi connectivity index (χ3n) is 5.86. The maximum atomic E-state index is 13.3. The van der Waals surface area contributed by atoms with E-state index in [0.29, 0.717) is 11.5 Å². The molecule has 3 heterocycles. The van der Waals surface area contributed by atoms with Crippen LogP contribution in [0, 0.1) is 5.92 Å². The van der Waals surface area contributed by atoms with Crippen LogP contribution in [0.25, 0.3) is 5.57 Å². The van der Waals surface area contributed by atoms with Gasteiger partial charge in [0.05, 0.1) is 14.2 Å². The minimum Gasteiger partial charge on any atom is -0.493 e. The molecule has 1 unspecified atom stereocenters. The van der Waals surface area contributed by atoms with E-state index >= 15 is 0 Å². The molecule has 0 aliphatic carbocycles. The number of methoxy groups -OCH3 is 2. The van der Waals surface area contributed by atoms with E-state index in [4.69, 9.17) is 9.47 Å². The molecule has 156 valence electrons. The van der Waals surface area contributed by atoms with Crippen molar-refractivity contribution >= 4 is 11.5 Å². The maximum absolute atomic E-state index is 13.3. The first-order chi connectivity index (χ1) is 14.6. The second-order valence-electron chi connectivity index (χ2n) is 7.74. The van der Waals surface area contributed by atoms with Crippen molar-refractivity contribution in [2.24, 2.45) is 5.92 Å². The van der Waals surface area contributed by atoms with E-state index in [1.165, 1.54) is 5.57 Å². The van der Waals surface area contributed by atoms with Gasteiger partial charge in [-0.15, -0.1) is 0 Å². The standard InChI is InChI=1S/C25H28N2O3/c1-17-4-7-21-8-5-20(18-10-12-26-13-11-18)16-27(21)25(28)15-22(17)19-6-9-23(29-2)24(14-19)30-3/h5-10,14-17,26H,4,11-13H2,1-3H3. The maximum Gasteiger partial charge on any atom is 0.255 e. The molecular weight excluding hydrogens is 376 g/mol. The number of benzene rings is 1. The molecule has 4 rings (SSSR count). The van der Waals surface area contributed by atoms with Crippen molar-refractivity contribution in [3.63, 3.8) is 0 Å². The fourth-order valence-electron chi connectivity index (χ4n) is 4.10. The molecule has 1 amide bonds. The quantitative estimate of drug-likeness (QED) is 0.817. The van der Waals surface area contributed by atoms with E-state index in [2.05, 4.69) is 36.5 Å². The van der Waals surface area contributed by atoms with Gasteiger partial charge in [0.15, 0.2) is 11.5 Å². The Kier molecular flexibility index (Phi) is 5.91. The predicted molar refractivity (Wildman–Crippen MR) is 119 cm³/mol. The normalized spacial score (nSPS) is 21.5. The molecule has 5 heteroatoms. The Labute approximate surface area is 178 Å². The average Bonchev–Trinajstić information content (AvgIpc) is 2.80. The monoisotopic (exact) mass is 404 g/mol. The van der Waals surface area contributed by atoms with Gasteiger partial charge in [0, 0.05) is 24.5 Å². The van der Waals surface area contributed by atoms with Gasteiger partial charge in [-0.3, -0.25) is 9.69 Å². The van der Waals surface area contributed by atoms with Crippen LogP contribution in [-0.4, -0.2) is 38.1 Å². The molecule has 0 radical (unpaired) electrons. The molecule has 0 saturated carbocycles. The molecule has 0 spiro atoms. The van der Waals surface area contributed by atoms with Crippen molar-refractivity contribution < 1.29 is 14.3 Å². The van der Waals surface area contributed by atoms with Crippen molar-refractivity contribution in [3.05, 3.63) is 77.2 Å². The van der Waals surface area contributed by atoms with Crippen LogP contribution < -0.4 is 14.8 Å². The number of allylic oxidation sites excluding steroid dienone is 5. The topological polar surface area (TPSA) is 50.8 Å². The Bertz CT molecular complexity index is 998. The highest BCUT2D eigenvalue weighted by Crippen LogP contribution is 2.36. The molecule has 0 aromatic heterocycles. The fraction of sp³-hybridized carbons (Fsp3) is 0.320. The van der Waals surface area contributed by atoms with Crippen LogP contribution in [0.3, 0.4) is 0 Å². The van der Waals surface area contributed by atoms with Crippen molar-refractivity contribution in [1.29, 1.82) is 0 Å². The highest BCUT2D eigenvalue weighted by Gasteiger charge is 2.24. The number of hydrogen-bond donors (Lipinski definition) is 1. The molecule has 30 heavy (non-hydrogen) atoms. The van der Waals surface area contributed by atoms with Crippen LogP contribution in [0.4, 0.5) is 0 Å². The summed E-state index contributed by atoms with van der Waals surface area (Å²) in [4.78, 5) is 15.0. The molecule has 0 saturated heterocycles. The molecule has 3 aliphatic heterocycles. The zero-order valence-corrected chi connectivity index (χ0v) is 17.8. The molecule has 3 aliphatic rings. The average molecular weight is 405 g/mol. The summed E-state index contributed by atoms with van der Waals surface area (Å²) in [5.41, 5.74) is 5.31. The number of fused-ring (bicyclic) bond motifs is 1. The van der Waals surface area contributed by atoms with E-state index in [9.17, 15) is 4.79 Å². The first-order valence-corrected chi connectivity index (χ1v) is 10.4. The van der Waals surface area contributed by atoms with Gasteiger partial charge in [-0.05, 0) is 65.8 Å². The van der Waals surface area contributed by atoms with Gasteiger partial charge in [-0.2, -0.15) is 0 Å². The smallest absolute Gasteiger partial charge is 0.255 e. The van der Waals surface area contributed by atoms with Crippen LogP contribution >= 0.6 is 0 Å². The Morgan fingerprint density at radius 2 is 1.93 bits per heavy atom. The Morgan fingerprint density at radius 1 is 1.10 bits per heavy atom. The molecule has 1 N–H and O–H groups in total. The summed E-state index contributed by atoms with van der Waals surface area (Å²) in [7, 11) is 3.25. The second-order valence-corrected chi connectivity index (χ2v) is 7.74. The van der Waals surface area contributed by atoms with Crippen molar-refractivity contribution in [2.45, 2.75) is 19.8 Å². The Hall–Kier alpha value is -3.05.